The highest BCUT2D eigenvalue weighted by Gasteiger charge is 2.22. The van der Waals surface area contributed by atoms with Gasteiger partial charge in [-0.05, 0) is 19.0 Å². The molecule has 2 rings (SSSR count). The predicted molar refractivity (Wildman–Crippen MR) is 58.8 cm³/mol. The van der Waals surface area contributed by atoms with E-state index in [1.54, 1.807) is 17.8 Å². The quantitative estimate of drug-likeness (QED) is 0.766. The fourth-order valence-electron chi connectivity index (χ4n) is 1.64. The van der Waals surface area contributed by atoms with E-state index < -0.39 is 0 Å². The molecule has 1 aromatic rings. The molecular weight excluding hydrogens is 197 g/mol. The lowest BCUT2D eigenvalue weighted by Crippen LogP contribution is -2.29. The molecule has 1 nitrogen and oxygen atoms in total. The lowest BCUT2D eigenvalue weighted by Gasteiger charge is -2.28. The van der Waals surface area contributed by atoms with Crippen molar-refractivity contribution in [3.8, 4) is 0 Å². The topological polar surface area (TPSA) is 12.0 Å². The van der Waals surface area contributed by atoms with E-state index in [1.807, 2.05) is 12.1 Å². The van der Waals surface area contributed by atoms with Crippen molar-refractivity contribution >= 4 is 11.8 Å². The summed E-state index contributed by atoms with van der Waals surface area (Å²) in [5.41, 5.74) is 0.782. The molecule has 3 heteroatoms. The minimum Gasteiger partial charge on any atom is -0.302 e. The van der Waals surface area contributed by atoms with Crippen molar-refractivity contribution in [3.05, 3.63) is 35.6 Å². The van der Waals surface area contributed by atoms with Gasteiger partial charge < -0.3 is 5.32 Å². The molecule has 0 spiro atoms. The van der Waals surface area contributed by atoms with Crippen LogP contribution in [0.25, 0.3) is 0 Å². The number of hydrogen-bond donors (Lipinski definition) is 1. The zero-order valence-electron chi connectivity index (χ0n) is 8.16. The molecule has 2 unspecified atom stereocenters. The van der Waals surface area contributed by atoms with Gasteiger partial charge in [-0.25, -0.2) is 4.39 Å². The zero-order chi connectivity index (χ0) is 9.97. The van der Waals surface area contributed by atoms with Gasteiger partial charge in [0.1, 0.15) is 5.82 Å². The molecule has 0 amide bonds. The number of benzene rings is 1. The van der Waals surface area contributed by atoms with Crippen LogP contribution in [-0.2, 0) is 0 Å². The Morgan fingerprint density at radius 2 is 2.21 bits per heavy atom. The standard InChI is InChI=1S/C11H14FNS/c1-8-6-7-13-11(14-8)9-4-2-3-5-10(9)12/h2-5,8,11,13H,6-7H2,1H3. The van der Waals surface area contributed by atoms with Gasteiger partial charge in [0.25, 0.3) is 0 Å². The van der Waals surface area contributed by atoms with Gasteiger partial charge in [0, 0.05) is 10.8 Å². The first kappa shape index (κ1) is 9.99. The summed E-state index contributed by atoms with van der Waals surface area (Å²) >= 11 is 1.80. The maximum Gasteiger partial charge on any atom is 0.128 e. The van der Waals surface area contributed by atoms with Crippen molar-refractivity contribution in [2.75, 3.05) is 6.54 Å². The summed E-state index contributed by atoms with van der Waals surface area (Å²) < 4.78 is 13.4. The Kier molecular flexibility index (Phi) is 3.08. The summed E-state index contributed by atoms with van der Waals surface area (Å²) in [5, 5.41) is 4.07. The molecular formula is C11H14FNS. The van der Waals surface area contributed by atoms with Crippen LogP contribution in [0.15, 0.2) is 24.3 Å². The first-order chi connectivity index (χ1) is 6.77. The molecule has 1 N–H and O–H groups in total. The molecule has 0 aromatic heterocycles. The van der Waals surface area contributed by atoms with Crippen LogP contribution in [0, 0.1) is 5.82 Å². The molecule has 1 saturated heterocycles. The highest BCUT2D eigenvalue weighted by Crippen LogP contribution is 2.35. The van der Waals surface area contributed by atoms with Crippen molar-refractivity contribution in [1.82, 2.24) is 5.32 Å². The molecule has 1 aromatic carbocycles. The summed E-state index contributed by atoms with van der Waals surface area (Å²) in [5.74, 6) is -0.105. The van der Waals surface area contributed by atoms with E-state index in [9.17, 15) is 4.39 Å². The van der Waals surface area contributed by atoms with Gasteiger partial charge in [0.15, 0.2) is 0 Å². The summed E-state index contributed by atoms with van der Waals surface area (Å²) in [7, 11) is 0. The molecule has 0 saturated carbocycles. The van der Waals surface area contributed by atoms with E-state index in [0.717, 1.165) is 18.5 Å². The molecule has 1 fully saturated rings. The second-order valence-corrected chi connectivity index (χ2v) is 5.14. The highest BCUT2D eigenvalue weighted by atomic mass is 32.2. The lowest BCUT2D eigenvalue weighted by atomic mass is 10.2. The third-order valence-electron chi connectivity index (χ3n) is 2.44. The van der Waals surface area contributed by atoms with Crippen LogP contribution in [0.1, 0.15) is 24.3 Å². The third-order valence-corrected chi connectivity index (χ3v) is 3.83. The Morgan fingerprint density at radius 3 is 2.93 bits per heavy atom. The minimum atomic E-state index is -0.105. The maximum absolute atomic E-state index is 13.4. The Hall–Kier alpha value is -0.540. The fraction of sp³-hybridized carbons (Fsp3) is 0.455. The number of halogens is 1. The number of rotatable bonds is 1. The number of nitrogens with one attached hydrogen (secondary N) is 1. The first-order valence-electron chi connectivity index (χ1n) is 4.90. The number of thioether (sulfide) groups is 1. The molecule has 1 aliphatic rings. The maximum atomic E-state index is 13.4. The predicted octanol–water partition coefficient (Wildman–Crippen LogP) is 2.94. The van der Waals surface area contributed by atoms with Gasteiger partial charge in [-0.1, -0.05) is 25.1 Å². The van der Waals surface area contributed by atoms with Crippen LogP contribution in [0.2, 0.25) is 0 Å². The summed E-state index contributed by atoms with van der Waals surface area (Å²) in [6.45, 7) is 3.17. The minimum absolute atomic E-state index is 0.105. The van der Waals surface area contributed by atoms with Crippen LogP contribution < -0.4 is 5.32 Å². The van der Waals surface area contributed by atoms with Crippen LogP contribution in [-0.4, -0.2) is 11.8 Å². The Morgan fingerprint density at radius 1 is 1.43 bits per heavy atom. The third kappa shape index (κ3) is 2.10. The molecule has 76 valence electrons. The lowest BCUT2D eigenvalue weighted by molar-refractivity contribution is 0.560. The normalized spacial score (nSPS) is 27.6. The van der Waals surface area contributed by atoms with E-state index in [-0.39, 0.29) is 11.2 Å². The van der Waals surface area contributed by atoms with Crippen molar-refractivity contribution in [1.29, 1.82) is 0 Å². The van der Waals surface area contributed by atoms with Gasteiger partial charge in [-0.2, -0.15) is 0 Å². The highest BCUT2D eigenvalue weighted by molar-refractivity contribution is 8.00. The summed E-state index contributed by atoms with van der Waals surface area (Å²) in [4.78, 5) is 0. The van der Waals surface area contributed by atoms with Gasteiger partial charge in [0.2, 0.25) is 0 Å². The van der Waals surface area contributed by atoms with Crippen molar-refractivity contribution < 1.29 is 4.39 Å². The largest absolute Gasteiger partial charge is 0.302 e. The van der Waals surface area contributed by atoms with Crippen LogP contribution in [0.3, 0.4) is 0 Å². The molecule has 0 radical (unpaired) electrons. The van der Waals surface area contributed by atoms with E-state index in [0.29, 0.717) is 5.25 Å². The van der Waals surface area contributed by atoms with Gasteiger partial charge >= 0.3 is 0 Å². The average Bonchev–Trinajstić information content (AvgIpc) is 2.18. The molecule has 14 heavy (non-hydrogen) atoms. The Bertz CT molecular complexity index is 316. The Labute approximate surface area is 88.1 Å². The van der Waals surface area contributed by atoms with Gasteiger partial charge in [-0.15, -0.1) is 11.8 Å². The van der Waals surface area contributed by atoms with E-state index >= 15 is 0 Å². The number of hydrogen-bond acceptors (Lipinski definition) is 2. The van der Waals surface area contributed by atoms with Crippen LogP contribution >= 0.6 is 11.8 Å². The first-order valence-corrected chi connectivity index (χ1v) is 5.85. The summed E-state index contributed by atoms with van der Waals surface area (Å²) in [6.07, 6.45) is 1.16. The second-order valence-electron chi connectivity index (χ2n) is 3.59. The van der Waals surface area contributed by atoms with E-state index in [4.69, 9.17) is 0 Å². The summed E-state index contributed by atoms with van der Waals surface area (Å²) in [6, 6.07) is 7.00. The molecule has 0 bridgehead atoms. The average molecular weight is 211 g/mol. The van der Waals surface area contributed by atoms with Crippen molar-refractivity contribution in [2.45, 2.75) is 24.0 Å². The fourth-order valence-corrected chi connectivity index (χ4v) is 2.91. The monoisotopic (exact) mass is 211 g/mol. The smallest absolute Gasteiger partial charge is 0.128 e. The van der Waals surface area contributed by atoms with E-state index in [1.165, 1.54) is 6.07 Å². The SMILES string of the molecule is CC1CCNC(c2ccccc2F)S1. The van der Waals surface area contributed by atoms with Crippen LogP contribution in [0.5, 0.6) is 0 Å². The second kappa shape index (κ2) is 4.32. The van der Waals surface area contributed by atoms with Crippen LogP contribution in [0.4, 0.5) is 4.39 Å². The van der Waals surface area contributed by atoms with Crippen molar-refractivity contribution in [2.24, 2.45) is 0 Å². The molecule has 1 aliphatic heterocycles. The molecule has 0 aliphatic carbocycles. The molecule has 1 heterocycles. The van der Waals surface area contributed by atoms with Gasteiger partial charge in [0.05, 0.1) is 5.37 Å². The van der Waals surface area contributed by atoms with Crippen molar-refractivity contribution in [3.63, 3.8) is 0 Å². The van der Waals surface area contributed by atoms with Gasteiger partial charge in [-0.3, -0.25) is 0 Å². The van der Waals surface area contributed by atoms with E-state index in [2.05, 4.69) is 12.2 Å². The Balaban J connectivity index is 2.18. The molecule has 2 atom stereocenters. The zero-order valence-corrected chi connectivity index (χ0v) is 8.98.